The van der Waals surface area contributed by atoms with Crippen molar-refractivity contribution in [1.29, 1.82) is 0 Å². The third kappa shape index (κ3) is 2.44. The van der Waals surface area contributed by atoms with Crippen molar-refractivity contribution in [3.63, 3.8) is 0 Å². The Labute approximate surface area is 89.6 Å². The summed E-state index contributed by atoms with van der Waals surface area (Å²) < 4.78 is 0. The lowest BCUT2D eigenvalue weighted by Gasteiger charge is -2.13. The van der Waals surface area contributed by atoms with E-state index in [2.05, 4.69) is 39.6 Å². The number of rotatable bonds is 4. The summed E-state index contributed by atoms with van der Waals surface area (Å²) in [6, 6.07) is 10.7. The number of hydrogen-bond acceptors (Lipinski definition) is 2. The zero-order chi connectivity index (χ0) is 10.5. The van der Waals surface area contributed by atoms with Gasteiger partial charge in [0.15, 0.2) is 0 Å². The van der Waals surface area contributed by atoms with Gasteiger partial charge in [-0.3, -0.25) is 0 Å². The van der Waals surface area contributed by atoms with Crippen LogP contribution >= 0.6 is 0 Å². The molecule has 3 heteroatoms. The normalized spacial score (nSPS) is 12.6. The molecule has 0 fully saturated rings. The van der Waals surface area contributed by atoms with Gasteiger partial charge in [-0.05, 0) is 19.0 Å². The van der Waals surface area contributed by atoms with Crippen molar-refractivity contribution >= 4 is 0 Å². The molecule has 1 atom stereocenters. The van der Waals surface area contributed by atoms with E-state index in [0.29, 0.717) is 0 Å². The van der Waals surface area contributed by atoms with Crippen LogP contribution in [0.1, 0.15) is 17.4 Å². The van der Waals surface area contributed by atoms with Crippen molar-refractivity contribution in [3.8, 4) is 0 Å². The number of imidazole rings is 1. The van der Waals surface area contributed by atoms with Gasteiger partial charge in [0.1, 0.15) is 5.82 Å². The minimum Gasteiger partial charge on any atom is -0.347 e. The van der Waals surface area contributed by atoms with Crippen LogP contribution in [0.2, 0.25) is 0 Å². The highest BCUT2D eigenvalue weighted by Crippen LogP contribution is 2.13. The van der Waals surface area contributed by atoms with E-state index < -0.39 is 0 Å². The van der Waals surface area contributed by atoms with Gasteiger partial charge in [-0.1, -0.05) is 30.3 Å². The third-order valence-corrected chi connectivity index (χ3v) is 2.48. The molecule has 0 amide bonds. The number of hydrogen-bond donors (Lipinski definition) is 2. The third-order valence-electron chi connectivity index (χ3n) is 2.48. The van der Waals surface area contributed by atoms with E-state index in [1.165, 1.54) is 5.56 Å². The van der Waals surface area contributed by atoms with Gasteiger partial charge in [-0.25, -0.2) is 4.98 Å². The monoisotopic (exact) mass is 201 g/mol. The molecule has 0 aliphatic rings. The largest absolute Gasteiger partial charge is 0.347 e. The summed E-state index contributed by atoms with van der Waals surface area (Å²) in [7, 11) is 1.95. The summed E-state index contributed by atoms with van der Waals surface area (Å²) >= 11 is 0. The average Bonchev–Trinajstić information content (AvgIpc) is 2.81. The number of likely N-dealkylation sites (N-methyl/N-ethyl adjacent to an activating group) is 1. The Balaban J connectivity index is 2.10. The van der Waals surface area contributed by atoms with E-state index in [4.69, 9.17) is 0 Å². The predicted molar refractivity (Wildman–Crippen MR) is 60.5 cm³/mol. The molecule has 0 saturated heterocycles. The fourth-order valence-electron chi connectivity index (χ4n) is 1.65. The number of aromatic amines is 1. The topological polar surface area (TPSA) is 40.7 Å². The Kier molecular flexibility index (Phi) is 3.15. The first-order valence-corrected chi connectivity index (χ1v) is 5.10. The minimum atomic E-state index is 0.252. The zero-order valence-electron chi connectivity index (χ0n) is 8.77. The lowest BCUT2D eigenvalue weighted by atomic mass is 10.1. The van der Waals surface area contributed by atoms with Crippen LogP contribution in [0.25, 0.3) is 0 Å². The van der Waals surface area contributed by atoms with E-state index in [1.54, 1.807) is 6.20 Å². The highest BCUT2D eigenvalue weighted by molar-refractivity contribution is 5.17. The Morgan fingerprint density at radius 1 is 1.33 bits per heavy atom. The fourth-order valence-corrected chi connectivity index (χ4v) is 1.65. The Morgan fingerprint density at radius 2 is 2.13 bits per heavy atom. The van der Waals surface area contributed by atoms with Crippen molar-refractivity contribution in [2.24, 2.45) is 0 Å². The van der Waals surface area contributed by atoms with Gasteiger partial charge < -0.3 is 10.3 Å². The molecule has 1 aromatic carbocycles. The Bertz CT molecular complexity index is 381. The number of aromatic nitrogens is 2. The lowest BCUT2D eigenvalue weighted by Crippen LogP contribution is -2.20. The van der Waals surface area contributed by atoms with Crippen LogP contribution in [0, 0.1) is 0 Å². The summed E-state index contributed by atoms with van der Waals surface area (Å²) in [5.74, 6) is 0.987. The molecule has 2 N–H and O–H groups in total. The van der Waals surface area contributed by atoms with Crippen LogP contribution < -0.4 is 5.32 Å². The summed E-state index contributed by atoms with van der Waals surface area (Å²) in [4.78, 5) is 7.40. The second-order valence-electron chi connectivity index (χ2n) is 3.51. The first-order valence-electron chi connectivity index (χ1n) is 5.10. The van der Waals surface area contributed by atoms with Crippen LogP contribution in [0.5, 0.6) is 0 Å². The van der Waals surface area contributed by atoms with E-state index in [0.717, 1.165) is 12.2 Å². The maximum absolute atomic E-state index is 4.27. The van der Waals surface area contributed by atoms with Crippen LogP contribution in [0.3, 0.4) is 0 Å². The van der Waals surface area contributed by atoms with Crippen LogP contribution in [0.4, 0.5) is 0 Å². The van der Waals surface area contributed by atoms with Crippen LogP contribution in [-0.2, 0) is 6.42 Å². The molecule has 0 aliphatic carbocycles. The molecule has 1 heterocycles. The average molecular weight is 201 g/mol. The van der Waals surface area contributed by atoms with Gasteiger partial charge in [0.2, 0.25) is 0 Å². The van der Waals surface area contributed by atoms with E-state index in [9.17, 15) is 0 Å². The molecule has 1 aromatic heterocycles. The van der Waals surface area contributed by atoms with Gasteiger partial charge in [-0.2, -0.15) is 0 Å². The molecule has 78 valence electrons. The summed E-state index contributed by atoms with van der Waals surface area (Å²) in [5.41, 5.74) is 1.31. The van der Waals surface area contributed by atoms with Crippen LogP contribution in [-0.4, -0.2) is 17.0 Å². The number of benzene rings is 1. The highest BCUT2D eigenvalue weighted by Gasteiger charge is 2.11. The van der Waals surface area contributed by atoms with Crippen molar-refractivity contribution < 1.29 is 0 Å². The van der Waals surface area contributed by atoms with E-state index in [-0.39, 0.29) is 6.04 Å². The first-order chi connectivity index (χ1) is 7.40. The summed E-state index contributed by atoms with van der Waals surface area (Å²) in [5, 5.41) is 3.26. The SMILES string of the molecule is CNC(Cc1ccccc1)c1ncc[nH]1. The minimum absolute atomic E-state index is 0.252. The highest BCUT2D eigenvalue weighted by atomic mass is 15.0. The fraction of sp³-hybridized carbons (Fsp3) is 0.250. The summed E-state index contributed by atoms with van der Waals surface area (Å²) in [6.07, 6.45) is 4.58. The van der Waals surface area contributed by atoms with Gasteiger partial charge in [0, 0.05) is 12.4 Å². The van der Waals surface area contributed by atoms with Gasteiger partial charge >= 0.3 is 0 Å². The van der Waals surface area contributed by atoms with Crippen LogP contribution in [0.15, 0.2) is 42.7 Å². The number of nitrogens with zero attached hydrogens (tertiary/aromatic N) is 1. The summed E-state index contributed by atoms with van der Waals surface area (Å²) in [6.45, 7) is 0. The van der Waals surface area contributed by atoms with Crippen molar-refractivity contribution in [1.82, 2.24) is 15.3 Å². The second-order valence-corrected chi connectivity index (χ2v) is 3.51. The van der Waals surface area contributed by atoms with E-state index >= 15 is 0 Å². The molecule has 0 saturated carbocycles. The second kappa shape index (κ2) is 4.75. The molecule has 1 unspecified atom stereocenters. The quantitative estimate of drug-likeness (QED) is 0.793. The smallest absolute Gasteiger partial charge is 0.123 e. The van der Waals surface area contributed by atoms with E-state index in [1.807, 2.05) is 19.3 Å². The van der Waals surface area contributed by atoms with Crippen molar-refractivity contribution in [2.45, 2.75) is 12.5 Å². The molecule has 15 heavy (non-hydrogen) atoms. The van der Waals surface area contributed by atoms with Gasteiger partial charge in [-0.15, -0.1) is 0 Å². The molecule has 0 aliphatic heterocycles. The van der Waals surface area contributed by atoms with Gasteiger partial charge in [0.05, 0.1) is 6.04 Å². The maximum Gasteiger partial charge on any atom is 0.123 e. The van der Waals surface area contributed by atoms with Gasteiger partial charge in [0.25, 0.3) is 0 Å². The molecule has 0 spiro atoms. The molecule has 3 nitrogen and oxygen atoms in total. The lowest BCUT2D eigenvalue weighted by molar-refractivity contribution is 0.563. The molecule has 0 bridgehead atoms. The molecular formula is C12H15N3. The Morgan fingerprint density at radius 3 is 2.73 bits per heavy atom. The number of nitrogens with one attached hydrogen (secondary N) is 2. The molecule has 0 radical (unpaired) electrons. The number of H-pyrrole nitrogens is 1. The Hall–Kier alpha value is -1.61. The molecular weight excluding hydrogens is 186 g/mol. The van der Waals surface area contributed by atoms with Crippen molar-refractivity contribution in [2.75, 3.05) is 7.05 Å². The standard InChI is InChI=1S/C12H15N3/c1-13-11(12-14-7-8-15-12)9-10-5-3-2-4-6-10/h2-8,11,13H,9H2,1H3,(H,14,15). The predicted octanol–water partition coefficient (Wildman–Crippen LogP) is 1.91. The zero-order valence-corrected chi connectivity index (χ0v) is 8.77. The first kappa shape index (κ1) is 9.93. The molecule has 2 aromatic rings. The van der Waals surface area contributed by atoms with Crippen molar-refractivity contribution in [3.05, 3.63) is 54.1 Å². The maximum atomic E-state index is 4.27. The molecule has 2 rings (SSSR count).